The number of hydrogen-bond acceptors (Lipinski definition) is 4. The molecular formula is C10H13NO4. The zero-order chi connectivity index (χ0) is 11.1. The SMILES string of the molecule is O=C(O)C(Cc1ccccc1)NOCO. The Labute approximate surface area is 87.3 Å². The molecule has 0 amide bonds. The van der Waals surface area contributed by atoms with Crippen LogP contribution >= 0.6 is 0 Å². The van der Waals surface area contributed by atoms with Gasteiger partial charge in [0.05, 0.1) is 0 Å². The Morgan fingerprint density at radius 1 is 1.40 bits per heavy atom. The van der Waals surface area contributed by atoms with E-state index in [0.717, 1.165) is 5.56 Å². The van der Waals surface area contributed by atoms with Gasteiger partial charge in [0.25, 0.3) is 0 Å². The number of hydroxylamine groups is 1. The fraction of sp³-hybridized carbons (Fsp3) is 0.300. The van der Waals surface area contributed by atoms with Gasteiger partial charge in [0.2, 0.25) is 0 Å². The largest absolute Gasteiger partial charge is 0.480 e. The fourth-order valence-corrected chi connectivity index (χ4v) is 1.17. The third-order valence-electron chi connectivity index (χ3n) is 1.87. The van der Waals surface area contributed by atoms with E-state index in [1.54, 1.807) is 0 Å². The van der Waals surface area contributed by atoms with Crippen LogP contribution in [0.4, 0.5) is 0 Å². The van der Waals surface area contributed by atoms with Gasteiger partial charge in [-0.15, -0.1) is 0 Å². The van der Waals surface area contributed by atoms with E-state index < -0.39 is 18.8 Å². The Morgan fingerprint density at radius 3 is 2.60 bits per heavy atom. The third kappa shape index (κ3) is 4.07. The molecule has 1 unspecified atom stereocenters. The van der Waals surface area contributed by atoms with E-state index in [1.165, 1.54) is 0 Å². The molecule has 1 aromatic rings. The Bertz CT molecular complexity index is 302. The smallest absolute Gasteiger partial charge is 0.323 e. The summed E-state index contributed by atoms with van der Waals surface area (Å²) in [5.74, 6) is -1.02. The van der Waals surface area contributed by atoms with Gasteiger partial charge in [0.15, 0.2) is 6.79 Å². The van der Waals surface area contributed by atoms with Gasteiger partial charge in [0, 0.05) is 6.42 Å². The monoisotopic (exact) mass is 211 g/mol. The topological polar surface area (TPSA) is 78.8 Å². The van der Waals surface area contributed by atoms with Gasteiger partial charge in [-0.25, -0.2) is 0 Å². The first-order valence-corrected chi connectivity index (χ1v) is 4.49. The summed E-state index contributed by atoms with van der Waals surface area (Å²) in [4.78, 5) is 15.2. The zero-order valence-corrected chi connectivity index (χ0v) is 8.09. The van der Waals surface area contributed by atoms with E-state index in [4.69, 9.17) is 10.2 Å². The van der Waals surface area contributed by atoms with Crippen molar-refractivity contribution in [2.45, 2.75) is 12.5 Å². The lowest BCUT2D eigenvalue weighted by Crippen LogP contribution is -2.38. The van der Waals surface area contributed by atoms with Gasteiger partial charge < -0.3 is 10.2 Å². The van der Waals surface area contributed by atoms with Gasteiger partial charge >= 0.3 is 5.97 Å². The predicted octanol–water partition coefficient (Wildman–Crippen LogP) is 0.153. The molecule has 1 atom stereocenters. The number of carboxylic acid groups (broad SMARTS) is 1. The van der Waals surface area contributed by atoms with Crippen molar-refractivity contribution in [1.29, 1.82) is 0 Å². The second-order valence-corrected chi connectivity index (χ2v) is 2.97. The summed E-state index contributed by atoms with van der Waals surface area (Å²) < 4.78 is 0. The van der Waals surface area contributed by atoms with Crippen LogP contribution < -0.4 is 5.48 Å². The van der Waals surface area contributed by atoms with Crippen molar-refractivity contribution in [2.75, 3.05) is 6.79 Å². The van der Waals surface area contributed by atoms with Crippen molar-refractivity contribution in [2.24, 2.45) is 0 Å². The quantitative estimate of drug-likeness (QED) is 0.461. The number of carboxylic acids is 1. The molecule has 1 aromatic carbocycles. The summed E-state index contributed by atoms with van der Waals surface area (Å²) in [6, 6.07) is 8.33. The molecule has 0 aliphatic carbocycles. The molecule has 0 aliphatic rings. The summed E-state index contributed by atoms with van der Waals surface area (Å²) >= 11 is 0. The average Bonchev–Trinajstić information content (AvgIpc) is 2.25. The maximum Gasteiger partial charge on any atom is 0.323 e. The first-order chi connectivity index (χ1) is 7.24. The number of nitrogens with one attached hydrogen (secondary N) is 1. The second kappa shape index (κ2) is 6.13. The summed E-state index contributed by atoms with van der Waals surface area (Å²) in [6.07, 6.45) is 0.302. The van der Waals surface area contributed by atoms with E-state index in [1.807, 2.05) is 30.3 Å². The number of carbonyl (C=O) groups is 1. The van der Waals surface area contributed by atoms with Crippen LogP contribution in [0.1, 0.15) is 5.56 Å². The van der Waals surface area contributed by atoms with E-state index in [0.29, 0.717) is 6.42 Å². The Hall–Kier alpha value is -1.43. The van der Waals surface area contributed by atoms with E-state index >= 15 is 0 Å². The number of aliphatic hydroxyl groups excluding tert-OH is 1. The van der Waals surface area contributed by atoms with Gasteiger partial charge in [-0.05, 0) is 5.56 Å². The zero-order valence-electron chi connectivity index (χ0n) is 8.09. The molecule has 15 heavy (non-hydrogen) atoms. The molecular weight excluding hydrogens is 198 g/mol. The molecule has 3 N–H and O–H groups in total. The summed E-state index contributed by atoms with van der Waals surface area (Å²) in [5, 5.41) is 17.2. The van der Waals surface area contributed by atoms with Gasteiger partial charge in [-0.1, -0.05) is 30.3 Å². The molecule has 0 saturated heterocycles. The molecule has 0 aromatic heterocycles. The molecule has 0 spiro atoms. The number of hydrogen-bond donors (Lipinski definition) is 3. The van der Waals surface area contributed by atoms with Crippen LogP contribution in [0, 0.1) is 0 Å². The van der Waals surface area contributed by atoms with Crippen molar-refractivity contribution < 1.29 is 19.8 Å². The number of aliphatic hydroxyl groups is 1. The first-order valence-electron chi connectivity index (χ1n) is 4.49. The van der Waals surface area contributed by atoms with Crippen LogP contribution in [0.15, 0.2) is 30.3 Å². The van der Waals surface area contributed by atoms with Crippen molar-refractivity contribution in [3.05, 3.63) is 35.9 Å². The van der Waals surface area contributed by atoms with E-state index in [-0.39, 0.29) is 0 Å². The first kappa shape index (κ1) is 11.6. The van der Waals surface area contributed by atoms with Crippen LogP contribution in [-0.2, 0) is 16.1 Å². The highest BCUT2D eigenvalue weighted by molar-refractivity contribution is 5.73. The minimum atomic E-state index is -1.02. The normalized spacial score (nSPS) is 12.3. The molecule has 5 nitrogen and oxygen atoms in total. The molecule has 0 aliphatic heterocycles. The molecule has 0 saturated carbocycles. The molecule has 82 valence electrons. The van der Waals surface area contributed by atoms with Crippen LogP contribution in [-0.4, -0.2) is 29.0 Å². The lowest BCUT2D eigenvalue weighted by atomic mass is 10.1. The lowest BCUT2D eigenvalue weighted by molar-refractivity contribution is -0.147. The Kier molecular flexibility index (Phi) is 4.76. The van der Waals surface area contributed by atoms with Crippen molar-refractivity contribution >= 4 is 5.97 Å². The molecule has 0 bridgehead atoms. The van der Waals surface area contributed by atoms with Crippen LogP contribution in [0.5, 0.6) is 0 Å². The highest BCUT2D eigenvalue weighted by Crippen LogP contribution is 2.03. The summed E-state index contributed by atoms with van der Waals surface area (Å²) in [7, 11) is 0. The summed E-state index contributed by atoms with van der Waals surface area (Å²) in [5.41, 5.74) is 3.16. The molecule has 0 heterocycles. The molecule has 1 rings (SSSR count). The third-order valence-corrected chi connectivity index (χ3v) is 1.87. The predicted molar refractivity (Wildman–Crippen MR) is 52.9 cm³/mol. The van der Waals surface area contributed by atoms with Crippen molar-refractivity contribution in [1.82, 2.24) is 5.48 Å². The minimum absolute atomic E-state index is 0.302. The Morgan fingerprint density at radius 2 is 2.07 bits per heavy atom. The van der Waals surface area contributed by atoms with Crippen molar-refractivity contribution in [3.63, 3.8) is 0 Å². The number of benzene rings is 1. The van der Waals surface area contributed by atoms with Crippen LogP contribution in [0.2, 0.25) is 0 Å². The molecule has 5 heteroatoms. The summed E-state index contributed by atoms with van der Waals surface area (Å²) in [6.45, 7) is -0.557. The Balaban J connectivity index is 2.55. The van der Waals surface area contributed by atoms with Gasteiger partial charge in [-0.3, -0.25) is 9.63 Å². The van der Waals surface area contributed by atoms with Gasteiger partial charge in [0.1, 0.15) is 6.04 Å². The number of aliphatic carboxylic acids is 1. The van der Waals surface area contributed by atoms with Crippen LogP contribution in [0.25, 0.3) is 0 Å². The second-order valence-electron chi connectivity index (χ2n) is 2.97. The maximum atomic E-state index is 10.8. The highest BCUT2D eigenvalue weighted by Gasteiger charge is 2.17. The lowest BCUT2D eigenvalue weighted by Gasteiger charge is -2.12. The average molecular weight is 211 g/mol. The van der Waals surface area contributed by atoms with E-state index in [2.05, 4.69) is 10.3 Å². The van der Waals surface area contributed by atoms with Gasteiger partial charge in [-0.2, -0.15) is 5.48 Å². The van der Waals surface area contributed by atoms with Crippen molar-refractivity contribution in [3.8, 4) is 0 Å². The highest BCUT2D eigenvalue weighted by atomic mass is 16.7. The maximum absolute atomic E-state index is 10.8. The fourth-order valence-electron chi connectivity index (χ4n) is 1.17. The van der Waals surface area contributed by atoms with Crippen LogP contribution in [0.3, 0.4) is 0 Å². The molecule has 0 radical (unpaired) electrons. The number of rotatable bonds is 6. The molecule has 0 fully saturated rings. The standard InChI is InChI=1S/C10H13NO4/c12-7-15-11-9(10(13)14)6-8-4-2-1-3-5-8/h1-5,9,11-12H,6-7H2,(H,13,14). The van der Waals surface area contributed by atoms with E-state index in [9.17, 15) is 4.79 Å². The minimum Gasteiger partial charge on any atom is -0.480 e.